The number of unbranched alkanes of at least 4 members (excludes halogenated alkanes) is 1. The summed E-state index contributed by atoms with van der Waals surface area (Å²) in [6, 6.07) is 0. The number of rotatable bonds is 6. The molecule has 1 aromatic heterocycles. The van der Waals surface area contributed by atoms with Crippen molar-refractivity contribution in [3.8, 4) is 0 Å². The summed E-state index contributed by atoms with van der Waals surface area (Å²) in [7, 11) is 0. The van der Waals surface area contributed by atoms with E-state index in [1.807, 2.05) is 5.32 Å². The highest BCUT2D eigenvalue weighted by atomic mass is 32.1. The Balaban J connectivity index is 2.35. The van der Waals surface area contributed by atoms with Gasteiger partial charge in [-0.3, -0.25) is 13.5 Å². The summed E-state index contributed by atoms with van der Waals surface area (Å²) in [4.78, 5) is 30.5. The lowest BCUT2D eigenvalue weighted by Gasteiger charge is -2.38. The van der Waals surface area contributed by atoms with Crippen molar-refractivity contribution in [2.24, 2.45) is 21.7 Å². The fourth-order valence-electron chi connectivity index (χ4n) is 4.20. The summed E-state index contributed by atoms with van der Waals surface area (Å²) in [6.07, 6.45) is 1.18. The third kappa shape index (κ3) is 5.64. The van der Waals surface area contributed by atoms with Gasteiger partial charge in [0, 0.05) is 23.2 Å². The van der Waals surface area contributed by atoms with Gasteiger partial charge in [0.05, 0.1) is 5.41 Å². The summed E-state index contributed by atoms with van der Waals surface area (Å²) in [5.41, 5.74) is -0.879. The molecule has 1 saturated carbocycles. The number of nitrogens with zero attached hydrogens (tertiary/aromatic N) is 2. The number of hydrogen-bond acceptors (Lipinski definition) is 3. The maximum absolute atomic E-state index is 13.4. The molecule has 1 N–H and O–H groups in total. The van der Waals surface area contributed by atoms with Crippen LogP contribution in [0.2, 0.25) is 0 Å². The zero-order valence-electron chi connectivity index (χ0n) is 20.2. The lowest BCUT2D eigenvalue weighted by Crippen LogP contribution is -2.46. The van der Waals surface area contributed by atoms with Gasteiger partial charge >= 0.3 is 6.18 Å². The molecule has 2 atom stereocenters. The SMILES string of the molecule is CCCCc1cn(C(C)(C)C)sc1=NC(=O)[C@]1(C)CC[C@H](C(=O)NCC(F)(F)F)C1(C)C. The number of carbonyl (C=O) groups excluding carboxylic acids is 2. The number of aryl methyl sites for hydroxylation is 1. The van der Waals surface area contributed by atoms with E-state index in [2.05, 4.69) is 42.8 Å². The summed E-state index contributed by atoms with van der Waals surface area (Å²) in [5, 5.41) is 1.99. The fraction of sp³-hybridized carbons (Fsp3) is 0.783. The van der Waals surface area contributed by atoms with Crippen LogP contribution in [0.25, 0.3) is 0 Å². The van der Waals surface area contributed by atoms with E-state index in [9.17, 15) is 22.8 Å². The molecule has 1 heterocycles. The third-order valence-electron chi connectivity index (χ3n) is 6.87. The molecule has 0 aliphatic heterocycles. The molecule has 1 aliphatic rings. The van der Waals surface area contributed by atoms with Crippen molar-refractivity contribution in [1.29, 1.82) is 0 Å². The minimum Gasteiger partial charge on any atom is -0.347 e. The van der Waals surface area contributed by atoms with Crippen LogP contribution in [0.4, 0.5) is 13.2 Å². The highest BCUT2D eigenvalue weighted by molar-refractivity contribution is 7.04. The van der Waals surface area contributed by atoms with E-state index in [0.29, 0.717) is 17.5 Å². The Hall–Kier alpha value is -1.64. The van der Waals surface area contributed by atoms with Gasteiger partial charge in [-0.2, -0.15) is 13.2 Å². The van der Waals surface area contributed by atoms with Crippen molar-refractivity contribution in [1.82, 2.24) is 9.27 Å². The first kappa shape index (κ1) is 26.6. The lowest BCUT2D eigenvalue weighted by molar-refractivity contribution is -0.145. The fourth-order valence-corrected chi connectivity index (χ4v) is 5.24. The molecule has 1 aromatic rings. The van der Waals surface area contributed by atoms with E-state index in [1.165, 1.54) is 11.5 Å². The van der Waals surface area contributed by atoms with Crippen molar-refractivity contribution >= 4 is 23.3 Å². The van der Waals surface area contributed by atoms with Crippen LogP contribution in [-0.4, -0.2) is 28.5 Å². The number of carbonyl (C=O) groups is 2. The van der Waals surface area contributed by atoms with Gasteiger partial charge < -0.3 is 5.32 Å². The lowest BCUT2D eigenvalue weighted by atomic mass is 9.65. The van der Waals surface area contributed by atoms with Gasteiger partial charge in [-0.25, -0.2) is 4.99 Å². The Labute approximate surface area is 192 Å². The van der Waals surface area contributed by atoms with Gasteiger partial charge in [-0.05, 0) is 63.4 Å². The molecule has 0 aromatic carbocycles. The number of halogens is 3. The molecule has 2 amide bonds. The first-order chi connectivity index (χ1) is 14.5. The molecule has 182 valence electrons. The first-order valence-corrected chi connectivity index (χ1v) is 12.0. The predicted octanol–water partition coefficient (Wildman–Crippen LogP) is 5.20. The van der Waals surface area contributed by atoms with E-state index in [-0.39, 0.29) is 11.4 Å². The second kappa shape index (κ2) is 9.31. The Morgan fingerprint density at radius 3 is 2.41 bits per heavy atom. The van der Waals surface area contributed by atoms with Gasteiger partial charge in [0.25, 0.3) is 5.91 Å². The smallest absolute Gasteiger partial charge is 0.347 e. The summed E-state index contributed by atoms with van der Waals surface area (Å²) >= 11 is 1.45. The van der Waals surface area contributed by atoms with Crippen molar-refractivity contribution in [3.63, 3.8) is 0 Å². The van der Waals surface area contributed by atoms with Crippen LogP contribution in [-0.2, 0) is 21.5 Å². The third-order valence-corrected chi connectivity index (χ3v) is 8.25. The molecule has 1 aliphatic carbocycles. The molecule has 2 rings (SSSR count). The zero-order valence-corrected chi connectivity index (χ0v) is 21.0. The largest absolute Gasteiger partial charge is 0.405 e. The average Bonchev–Trinajstić information content (AvgIpc) is 3.16. The maximum atomic E-state index is 13.4. The summed E-state index contributed by atoms with van der Waals surface area (Å²) < 4.78 is 40.4. The highest BCUT2D eigenvalue weighted by Crippen LogP contribution is 2.56. The van der Waals surface area contributed by atoms with Gasteiger partial charge in [0.15, 0.2) is 0 Å². The van der Waals surface area contributed by atoms with E-state index < -0.39 is 35.4 Å². The molecule has 5 nitrogen and oxygen atoms in total. The van der Waals surface area contributed by atoms with Crippen molar-refractivity contribution < 1.29 is 22.8 Å². The predicted molar refractivity (Wildman–Crippen MR) is 120 cm³/mol. The summed E-state index contributed by atoms with van der Waals surface area (Å²) in [6.45, 7) is 12.4. The molecule has 0 bridgehead atoms. The zero-order chi connectivity index (χ0) is 24.5. The van der Waals surface area contributed by atoms with Crippen LogP contribution in [0.3, 0.4) is 0 Å². The monoisotopic (exact) mass is 475 g/mol. The molecular weight excluding hydrogens is 439 g/mol. The highest BCUT2D eigenvalue weighted by Gasteiger charge is 2.58. The minimum absolute atomic E-state index is 0.138. The van der Waals surface area contributed by atoms with E-state index >= 15 is 0 Å². The molecule has 0 spiro atoms. The van der Waals surface area contributed by atoms with Crippen LogP contribution in [0.5, 0.6) is 0 Å². The molecule has 0 radical (unpaired) electrons. The molecular formula is C23H36F3N3O2S. The van der Waals surface area contributed by atoms with Crippen LogP contribution in [0.1, 0.15) is 79.7 Å². The quantitative estimate of drug-likeness (QED) is 0.615. The van der Waals surface area contributed by atoms with Crippen LogP contribution < -0.4 is 9.99 Å². The van der Waals surface area contributed by atoms with Gasteiger partial charge in [0.2, 0.25) is 5.91 Å². The van der Waals surface area contributed by atoms with E-state index in [0.717, 1.165) is 24.8 Å². The van der Waals surface area contributed by atoms with Crippen molar-refractivity contribution in [2.75, 3.05) is 6.54 Å². The standard InChI is InChI=1S/C23H36F3N3O2S/c1-8-9-10-15-13-29(20(2,3)4)32-18(15)28-19(31)22(7)12-11-16(21(22,5)6)17(30)27-14-23(24,25)26/h13,16H,8-12,14H2,1-7H3,(H,27,30)/t16-,22+/m1/s1. The Kier molecular flexibility index (Phi) is 7.74. The second-order valence-corrected chi connectivity index (χ2v) is 11.5. The van der Waals surface area contributed by atoms with Crippen molar-refractivity contribution in [2.45, 2.75) is 92.3 Å². The maximum Gasteiger partial charge on any atom is 0.405 e. The Bertz CT molecular complexity index is 909. The number of alkyl halides is 3. The van der Waals surface area contributed by atoms with Gasteiger partial charge in [-0.15, -0.1) is 0 Å². The molecule has 32 heavy (non-hydrogen) atoms. The second-order valence-electron chi connectivity index (χ2n) is 10.5. The van der Waals surface area contributed by atoms with E-state index in [4.69, 9.17) is 0 Å². The number of amides is 2. The molecule has 9 heteroatoms. The van der Waals surface area contributed by atoms with Gasteiger partial charge in [-0.1, -0.05) is 34.1 Å². The normalized spacial score (nSPS) is 24.1. The Morgan fingerprint density at radius 2 is 1.88 bits per heavy atom. The molecule has 0 saturated heterocycles. The van der Waals surface area contributed by atoms with Crippen LogP contribution >= 0.6 is 11.5 Å². The number of aromatic nitrogens is 1. The van der Waals surface area contributed by atoms with Crippen LogP contribution in [0, 0.1) is 16.7 Å². The average molecular weight is 476 g/mol. The topological polar surface area (TPSA) is 63.5 Å². The number of nitrogens with one attached hydrogen (secondary N) is 1. The molecule has 0 unspecified atom stereocenters. The number of hydrogen-bond donors (Lipinski definition) is 1. The summed E-state index contributed by atoms with van der Waals surface area (Å²) in [5.74, 6) is -1.65. The first-order valence-electron chi connectivity index (χ1n) is 11.2. The van der Waals surface area contributed by atoms with Crippen molar-refractivity contribution in [3.05, 3.63) is 16.4 Å². The Morgan fingerprint density at radius 1 is 1.25 bits per heavy atom. The van der Waals surface area contributed by atoms with Gasteiger partial charge in [0.1, 0.15) is 11.2 Å². The van der Waals surface area contributed by atoms with E-state index in [1.54, 1.807) is 20.8 Å². The van der Waals surface area contributed by atoms with Crippen LogP contribution in [0.15, 0.2) is 11.2 Å². The minimum atomic E-state index is -4.47. The molecule has 1 fully saturated rings.